The number of rotatable bonds is 4. The normalized spacial score (nSPS) is 11.0. The van der Waals surface area contributed by atoms with Gasteiger partial charge in [0.2, 0.25) is 5.91 Å². The zero-order chi connectivity index (χ0) is 20.5. The second kappa shape index (κ2) is 7.81. The maximum absolute atomic E-state index is 13.0. The summed E-state index contributed by atoms with van der Waals surface area (Å²) in [7, 11) is 0. The molecule has 2 aromatic heterocycles. The molecule has 0 aliphatic rings. The molecule has 5 nitrogen and oxygen atoms in total. The number of nitrogens with one attached hydrogen (secondary N) is 1. The van der Waals surface area contributed by atoms with Crippen molar-refractivity contribution in [1.82, 2.24) is 9.55 Å². The van der Waals surface area contributed by atoms with E-state index < -0.39 is 0 Å². The Bertz CT molecular complexity index is 1280. The predicted molar refractivity (Wildman–Crippen MR) is 119 cm³/mol. The van der Waals surface area contributed by atoms with Crippen LogP contribution in [0, 0.1) is 13.8 Å². The van der Waals surface area contributed by atoms with Gasteiger partial charge in [-0.25, -0.2) is 4.98 Å². The lowest BCUT2D eigenvalue weighted by Gasteiger charge is -2.11. The number of nitrogens with zero attached hydrogens (tertiary/aromatic N) is 2. The average Bonchev–Trinajstić information content (AvgIpc) is 3.12. The summed E-state index contributed by atoms with van der Waals surface area (Å²) in [4.78, 5) is 31.8. The van der Waals surface area contributed by atoms with E-state index in [1.165, 1.54) is 15.9 Å². The topological polar surface area (TPSA) is 64.0 Å². The van der Waals surface area contributed by atoms with E-state index in [0.717, 1.165) is 16.0 Å². The van der Waals surface area contributed by atoms with E-state index >= 15 is 0 Å². The van der Waals surface area contributed by atoms with Crippen LogP contribution in [0.25, 0.3) is 20.7 Å². The third-order valence-corrected chi connectivity index (χ3v) is 5.98. The van der Waals surface area contributed by atoms with E-state index in [0.29, 0.717) is 26.8 Å². The van der Waals surface area contributed by atoms with Gasteiger partial charge in [-0.1, -0.05) is 41.9 Å². The summed E-state index contributed by atoms with van der Waals surface area (Å²) in [6.07, 6.45) is 0. The summed E-state index contributed by atoms with van der Waals surface area (Å²) >= 11 is 7.44. The van der Waals surface area contributed by atoms with E-state index in [1.54, 1.807) is 25.1 Å². The summed E-state index contributed by atoms with van der Waals surface area (Å²) in [6.45, 7) is 3.50. The van der Waals surface area contributed by atoms with Gasteiger partial charge in [-0.3, -0.25) is 14.2 Å². The molecule has 0 spiro atoms. The Morgan fingerprint density at radius 1 is 1.14 bits per heavy atom. The first-order chi connectivity index (χ1) is 13.9. The molecule has 1 amide bonds. The van der Waals surface area contributed by atoms with Gasteiger partial charge in [0.15, 0.2) is 0 Å². The van der Waals surface area contributed by atoms with Gasteiger partial charge in [-0.2, -0.15) is 0 Å². The first kappa shape index (κ1) is 19.4. The van der Waals surface area contributed by atoms with Crippen molar-refractivity contribution in [3.05, 3.63) is 81.4 Å². The Balaban J connectivity index is 1.65. The zero-order valence-electron chi connectivity index (χ0n) is 15.9. The van der Waals surface area contributed by atoms with Crippen LogP contribution in [0.4, 0.5) is 5.69 Å². The highest BCUT2D eigenvalue weighted by atomic mass is 35.5. The lowest BCUT2D eigenvalue weighted by molar-refractivity contribution is -0.116. The summed E-state index contributed by atoms with van der Waals surface area (Å²) in [5.41, 5.74) is 2.35. The number of amides is 1. The van der Waals surface area contributed by atoms with Crippen molar-refractivity contribution in [2.75, 3.05) is 5.32 Å². The SMILES string of the molecule is Cc1cc(Cl)ccc1NC(=O)Cn1c(C)nc2sc(-c3ccccc3)cc2c1=O. The fourth-order valence-corrected chi connectivity index (χ4v) is 4.45. The molecular weight excluding hydrogens is 406 g/mol. The minimum Gasteiger partial charge on any atom is -0.324 e. The molecule has 0 unspecified atom stereocenters. The molecule has 0 saturated carbocycles. The molecule has 0 radical (unpaired) electrons. The smallest absolute Gasteiger partial charge is 0.262 e. The van der Waals surface area contributed by atoms with Crippen LogP contribution in [0.1, 0.15) is 11.4 Å². The van der Waals surface area contributed by atoms with E-state index in [-0.39, 0.29) is 18.0 Å². The van der Waals surface area contributed by atoms with E-state index in [2.05, 4.69) is 10.3 Å². The molecule has 0 bridgehead atoms. The van der Waals surface area contributed by atoms with Crippen LogP contribution >= 0.6 is 22.9 Å². The third kappa shape index (κ3) is 3.95. The summed E-state index contributed by atoms with van der Waals surface area (Å²) in [5, 5.41) is 3.97. The molecule has 4 rings (SSSR count). The zero-order valence-corrected chi connectivity index (χ0v) is 17.5. The molecule has 4 aromatic rings. The molecule has 1 N–H and O–H groups in total. The molecule has 29 heavy (non-hydrogen) atoms. The summed E-state index contributed by atoms with van der Waals surface area (Å²) in [6, 6.07) is 17.0. The van der Waals surface area contributed by atoms with Crippen LogP contribution in [0.2, 0.25) is 5.02 Å². The van der Waals surface area contributed by atoms with Crippen molar-refractivity contribution in [3.63, 3.8) is 0 Å². The number of thiophene rings is 1. The van der Waals surface area contributed by atoms with Crippen molar-refractivity contribution >= 4 is 44.7 Å². The number of hydrogen-bond acceptors (Lipinski definition) is 4. The quantitative estimate of drug-likeness (QED) is 0.500. The van der Waals surface area contributed by atoms with Gasteiger partial charge in [0, 0.05) is 15.6 Å². The highest BCUT2D eigenvalue weighted by molar-refractivity contribution is 7.21. The maximum atomic E-state index is 13.0. The Morgan fingerprint density at radius 3 is 2.62 bits per heavy atom. The number of aryl methyl sites for hydroxylation is 2. The number of carbonyl (C=O) groups is 1. The number of benzene rings is 2. The standard InChI is InChI=1S/C22H18ClN3O2S/c1-13-10-16(23)8-9-18(13)25-20(27)12-26-14(2)24-21-17(22(26)28)11-19(29-21)15-6-4-3-5-7-15/h3-11H,12H2,1-2H3,(H,25,27). The monoisotopic (exact) mass is 423 g/mol. The Kier molecular flexibility index (Phi) is 5.22. The van der Waals surface area contributed by atoms with Crippen molar-refractivity contribution in [1.29, 1.82) is 0 Å². The van der Waals surface area contributed by atoms with E-state index in [9.17, 15) is 9.59 Å². The molecule has 0 aliphatic heterocycles. The number of hydrogen-bond donors (Lipinski definition) is 1. The van der Waals surface area contributed by atoms with Crippen LogP contribution in [-0.2, 0) is 11.3 Å². The van der Waals surface area contributed by atoms with Crippen molar-refractivity contribution in [2.45, 2.75) is 20.4 Å². The van der Waals surface area contributed by atoms with Gasteiger partial charge < -0.3 is 5.32 Å². The molecule has 0 fully saturated rings. The maximum Gasteiger partial charge on any atom is 0.262 e. The highest BCUT2D eigenvalue weighted by Crippen LogP contribution is 2.31. The molecule has 2 heterocycles. The van der Waals surface area contributed by atoms with Crippen LogP contribution in [-0.4, -0.2) is 15.5 Å². The van der Waals surface area contributed by atoms with E-state index in [4.69, 9.17) is 11.6 Å². The first-order valence-electron chi connectivity index (χ1n) is 9.05. The van der Waals surface area contributed by atoms with Gasteiger partial charge in [-0.15, -0.1) is 11.3 Å². The molecule has 0 saturated heterocycles. The molecule has 0 atom stereocenters. The Labute approximate surface area is 176 Å². The van der Waals surface area contributed by atoms with Crippen LogP contribution < -0.4 is 10.9 Å². The van der Waals surface area contributed by atoms with Gasteiger partial charge in [-0.05, 0) is 49.2 Å². The van der Waals surface area contributed by atoms with Crippen LogP contribution in [0.15, 0.2) is 59.4 Å². The number of aromatic nitrogens is 2. The number of anilines is 1. The van der Waals surface area contributed by atoms with Gasteiger partial charge in [0.05, 0.1) is 5.39 Å². The number of halogens is 1. The summed E-state index contributed by atoms with van der Waals surface area (Å²) in [5.74, 6) is 0.215. The number of carbonyl (C=O) groups excluding carboxylic acids is 1. The second-order valence-electron chi connectivity index (χ2n) is 6.75. The van der Waals surface area contributed by atoms with E-state index in [1.807, 2.05) is 43.3 Å². The Hall–Kier alpha value is -2.96. The van der Waals surface area contributed by atoms with Crippen molar-refractivity contribution in [2.24, 2.45) is 0 Å². The minimum absolute atomic E-state index is 0.105. The summed E-state index contributed by atoms with van der Waals surface area (Å²) < 4.78 is 1.41. The molecule has 0 aliphatic carbocycles. The highest BCUT2D eigenvalue weighted by Gasteiger charge is 2.15. The van der Waals surface area contributed by atoms with Crippen LogP contribution in [0.3, 0.4) is 0 Å². The van der Waals surface area contributed by atoms with Crippen molar-refractivity contribution < 1.29 is 4.79 Å². The molecule has 2 aromatic carbocycles. The largest absolute Gasteiger partial charge is 0.324 e. The molecule has 146 valence electrons. The Morgan fingerprint density at radius 2 is 1.90 bits per heavy atom. The molecule has 7 heteroatoms. The van der Waals surface area contributed by atoms with Gasteiger partial charge >= 0.3 is 0 Å². The van der Waals surface area contributed by atoms with Gasteiger partial charge in [0.1, 0.15) is 17.2 Å². The average molecular weight is 424 g/mol. The fraction of sp³-hybridized carbons (Fsp3) is 0.136. The molecular formula is C22H18ClN3O2S. The van der Waals surface area contributed by atoms with Crippen LogP contribution in [0.5, 0.6) is 0 Å². The van der Waals surface area contributed by atoms with Crippen molar-refractivity contribution in [3.8, 4) is 10.4 Å². The predicted octanol–water partition coefficient (Wildman–Crippen LogP) is 5.03. The lowest BCUT2D eigenvalue weighted by Crippen LogP contribution is -2.30. The number of fused-ring (bicyclic) bond motifs is 1. The minimum atomic E-state index is -0.291. The lowest BCUT2D eigenvalue weighted by atomic mass is 10.2. The van der Waals surface area contributed by atoms with Gasteiger partial charge in [0.25, 0.3) is 5.56 Å². The fourth-order valence-electron chi connectivity index (χ4n) is 3.15. The second-order valence-corrected chi connectivity index (χ2v) is 8.22. The third-order valence-electron chi connectivity index (χ3n) is 4.66. The first-order valence-corrected chi connectivity index (χ1v) is 10.2.